The second-order valence-corrected chi connectivity index (χ2v) is 40.9. The maximum absolute atomic E-state index is 12.5. The molecule has 0 atom stereocenters. The molecule has 35 heteroatoms. The number of halogens is 6. The first-order valence-corrected chi connectivity index (χ1v) is 45.7. The number of thiophene rings is 1. The summed E-state index contributed by atoms with van der Waals surface area (Å²) in [7, 11) is -2.03. The number of aromatic carboxylic acids is 1. The molecule has 3 spiro atoms. The Morgan fingerprint density at radius 1 is 0.613 bits per heavy atom. The number of thiazole rings is 1. The van der Waals surface area contributed by atoms with Crippen molar-refractivity contribution in [3.05, 3.63) is 242 Å². The number of nitrogens with one attached hydrogen (secondary N) is 1. The Kier molecular flexibility index (Phi) is 35.4. The molecular formula is C84H97BBr6N12O13S3. The number of aryl methyl sites for hydroxylation is 1. The maximum Gasteiger partial charge on any atom is 0.495 e. The Labute approximate surface area is 755 Å². The predicted octanol–water partition coefficient (Wildman–Crippen LogP) is 21.1. The van der Waals surface area contributed by atoms with E-state index in [1.165, 1.54) is 47.6 Å². The number of hydrogen-bond acceptors (Lipinski definition) is 21. The number of carbonyl (C=O) groups excluding carboxylic acids is 2. The van der Waals surface area contributed by atoms with Crippen LogP contribution < -0.4 is 24.7 Å². The summed E-state index contributed by atoms with van der Waals surface area (Å²) in [4.78, 5) is 64.3. The van der Waals surface area contributed by atoms with Crippen LogP contribution in [0.25, 0.3) is 21.5 Å². The average Bonchev–Trinajstić information content (AvgIpc) is 1.69. The highest BCUT2D eigenvalue weighted by atomic mass is 79.9. The van der Waals surface area contributed by atoms with Crippen LogP contribution in [-0.4, -0.2) is 162 Å². The molecular weight excluding hydrogens is 1970 g/mol. The molecule has 0 unspecified atom stereocenters. The van der Waals surface area contributed by atoms with Crippen molar-refractivity contribution in [2.45, 2.75) is 165 Å². The van der Waals surface area contributed by atoms with E-state index in [1.807, 2.05) is 107 Å². The maximum atomic E-state index is 12.5. The molecule has 634 valence electrons. The van der Waals surface area contributed by atoms with Gasteiger partial charge in [0, 0.05) is 135 Å². The Hall–Kier alpha value is -7.57. The highest BCUT2D eigenvalue weighted by Gasteiger charge is 2.55. The topological polar surface area (TPSA) is 301 Å². The smallest absolute Gasteiger partial charge is 0.482 e. The van der Waals surface area contributed by atoms with E-state index in [2.05, 4.69) is 226 Å². The van der Waals surface area contributed by atoms with Crippen LogP contribution in [-0.2, 0) is 35.9 Å². The number of imidazole rings is 1. The van der Waals surface area contributed by atoms with Crippen molar-refractivity contribution in [1.29, 1.82) is 0 Å². The van der Waals surface area contributed by atoms with Crippen LogP contribution in [0.4, 0.5) is 15.4 Å². The fraction of sp³-hybridized carbons (Fsp3) is 0.381. The molecule has 0 radical (unpaired) electrons. The number of piperidine rings is 3. The number of carboxylic acids is 1. The van der Waals surface area contributed by atoms with Crippen molar-refractivity contribution in [1.82, 2.24) is 49.6 Å². The van der Waals surface area contributed by atoms with Gasteiger partial charge in [-0.15, -0.1) is 27.7 Å². The van der Waals surface area contributed by atoms with E-state index in [0.29, 0.717) is 49.3 Å². The number of carboxylic acid groups (broad SMARTS) is 1. The molecule has 7 aliphatic rings. The van der Waals surface area contributed by atoms with Gasteiger partial charge in [-0.25, -0.2) is 47.9 Å². The lowest BCUT2D eigenvalue weighted by molar-refractivity contribution is -0.00235. The van der Waals surface area contributed by atoms with Gasteiger partial charge in [-0.05, 0) is 269 Å². The van der Waals surface area contributed by atoms with Gasteiger partial charge in [0.15, 0.2) is 3.92 Å². The summed E-state index contributed by atoms with van der Waals surface area (Å²) >= 11 is 21.7. The fourth-order valence-corrected chi connectivity index (χ4v) is 16.9. The third kappa shape index (κ3) is 30.2. The van der Waals surface area contributed by atoms with Gasteiger partial charge in [0.25, 0.3) is 5.82 Å². The number of hydrogen-bond donors (Lipinski definition) is 3. The van der Waals surface area contributed by atoms with Gasteiger partial charge in [-0.2, -0.15) is 0 Å². The monoisotopic (exact) mass is 2060 g/mol. The lowest BCUT2D eigenvalue weighted by Gasteiger charge is -2.43. The largest absolute Gasteiger partial charge is 0.495 e. The molecule has 13 heterocycles. The SMILES string of the molecule is Brc1cncnc1.Brc1nccs1.CC(C)(C)OC(=O)N1CCC2(C=C(B3OC(C)(C)C(C)(C)O3)c3ccccc3O2)CC1.CC1=CC2(CCN(C(=O)OC(C)(C)C)CC2)Oc2ccccc21.CC1=CC2(CCNCC2)Oc2ccccc21.Cn1cnc(Br)c1.NS(=O)(=O)c1ccc(Br)s1.O=C(O)c1cncc(Br)c1.[C-]#[N+]c1ccc(Br)cn1. The lowest BCUT2D eigenvalue weighted by atomic mass is 9.69. The van der Waals surface area contributed by atoms with E-state index in [0.717, 1.165) is 105 Å². The lowest BCUT2D eigenvalue weighted by Crippen LogP contribution is -2.51. The summed E-state index contributed by atoms with van der Waals surface area (Å²) in [5.74, 6) is 2.29. The first-order valence-electron chi connectivity index (χ1n) is 37.7. The Morgan fingerprint density at radius 2 is 1.09 bits per heavy atom. The number of allylic oxidation sites excluding steroid dienone is 2. The second kappa shape index (κ2) is 43.5. The van der Waals surface area contributed by atoms with Gasteiger partial charge in [0.05, 0.1) is 35.8 Å². The van der Waals surface area contributed by atoms with Crippen LogP contribution >= 0.6 is 118 Å². The van der Waals surface area contributed by atoms with E-state index in [4.69, 9.17) is 49.8 Å². The van der Waals surface area contributed by atoms with E-state index in [-0.39, 0.29) is 33.2 Å². The molecule has 3 aromatic carbocycles. The number of aromatic nitrogens is 7. The summed E-state index contributed by atoms with van der Waals surface area (Å²) in [6, 6.07) is 32.6. The number of fused-ring (bicyclic) bond motifs is 3. The minimum Gasteiger partial charge on any atom is -0.482 e. The van der Waals surface area contributed by atoms with Crippen LogP contribution in [0, 0.1) is 6.57 Å². The summed E-state index contributed by atoms with van der Waals surface area (Å²) < 4.78 is 71.2. The first-order chi connectivity index (χ1) is 56.0. The number of nitrogens with two attached hydrogens (primary N) is 1. The molecule has 4 fully saturated rings. The Balaban J connectivity index is 0.000000177. The van der Waals surface area contributed by atoms with Gasteiger partial charge < -0.3 is 62.6 Å². The molecule has 0 bridgehead atoms. The molecule has 25 nitrogen and oxygen atoms in total. The van der Waals surface area contributed by atoms with Crippen LogP contribution in [0.2, 0.25) is 0 Å². The highest BCUT2D eigenvalue weighted by molar-refractivity contribution is 9.11. The number of likely N-dealkylation sites (tertiary alicyclic amines) is 2. The van der Waals surface area contributed by atoms with Gasteiger partial charge in [0.1, 0.15) is 66.6 Å². The first kappa shape index (κ1) is 96.9. The number of nitrogens with zero attached hydrogens (tertiary/aromatic N) is 10. The number of para-hydroxylation sites is 3. The second-order valence-electron chi connectivity index (χ2n) is 31.0. The molecule has 7 aliphatic heterocycles. The number of pyridine rings is 2. The van der Waals surface area contributed by atoms with Crippen molar-refractivity contribution < 1.29 is 60.9 Å². The summed E-state index contributed by atoms with van der Waals surface area (Å²) in [6.07, 6.45) is 26.0. The molecule has 4 saturated heterocycles. The molecule has 9 aromatic rings. The minimum atomic E-state index is -3.49. The molecule has 2 amide bonds. The van der Waals surface area contributed by atoms with E-state index in [9.17, 15) is 22.8 Å². The van der Waals surface area contributed by atoms with Gasteiger partial charge in [0.2, 0.25) is 10.0 Å². The number of amides is 2. The molecule has 6 aromatic heterocycles. The fourth-order valence-electron chi connectivity index (χ4n) is 12.4. The molecule has 4 N–H and O–H groups in total. The van der Waals surface area contributed by atoms with Gasteiger partial charge in [-0.3, -0.25) is 4.98 Å². The number of primary sulfonamides is 1. The Morgan fingerprint density at radius 3 is 1.45 bits per heavy atom. The molecule has 16 rings (SSSR count). The van der Waals surface area contributed by atoms with Crippen molar-refractivity contribution in [2.24, 2.45) is 12.2 Å². The van der Waals surface area contributed by atoms with E-state index in [1.54, 1.807) is 70.5 Å². The van der Waals surface area contributed by atoms with Crippen LogP contribution in [0.1, 0.15) is 149 Å². The zero-order valence-corrected chi connectivity index (χ0v) is 80.2. The van der Waals surface area contributed by atoms with E-state index < -0.39 is 51.1 Å². The van der Waals surface area contributed by atoms with Gasteiger partial charge in [-0.1, -0.05) is 67.2 Å². The third-order valence-electron chi connectivity index (χ3n) is 18.8. The number of benzene rings is 3. The van der Waals surface area contributed by atoms with Crippen LogP contribution in [0.3, 0.4) is 0 Å². The number of sulfonamides is 1. The van der Waals surface area contributed by atoms with Crippen molar-refractivity contribution in [3.63, 3.8) is 0 Å². The minimum absolute atomic E-state index is 0.0519. The summed E-state index contributed by atoms with van der Waals surface area (Å²) in [5, 5.41) is 18.6. The normalized spacial score (nSPS) is 16.9. The van der Waals surface area contributed by atoms with Crippen molar-refractivity contribution in [2.75, 3.05) is 39.3 Å². The van der Waals surface area contributed by atoms with Crippen LogP contribution in [0.5, 0.6) is 17.2 Å². The summed E-state index contributed by atoms with van der Waals surface area (Å²) in [5.41, 5.74) is 4.56. The van der Waals surface area contributed by atoms with Gasteiger partial charge >= 0.3 is 25.3 Å². The van der Waals surface area contributed by atoms with Crippen molar-refractivity contribution in [3.8, 4) is 17.2 Å². The summed E-state index contributed by atoms with van der Waals surface area (Å²) in [6.45, 7) is 35.0. The van der Waals surface area contributed by atoms with E-state index >= 15 is 0 Å². The number of carbonyl (C=O) groups is 3. The quantitative estimate of drug-likeness (QED) is 0.109. The number of ether oxygens (including phenoxy) is 5. The molecule has 0 saturated carbocycles. The predicted molar refractivity (Wildman–Crippen MR) is 488 cm³/mol. The molecule has 119 heavy (non-hydrogen) atoms. The van der Waals surface area contributed by atoms with Crippen molar-refractivity contribution >= 4 is 176 Å². The highest BCUT2D eigenvalue weighted by Crippen LogP contribution is 2.48. The third-order valence-corrected chi connectivity index (χ3v) is 24.9. The average molecular weight is 2070 g/mol. The van der Waals surface area contributed by atoms with Crippen LogP contribution in [0.15, 0.2) is 213 Å². The Bertz CT molecular complexity index is 5080. The number of rotatable bonds is 3. The zero-order valence-electron chi connectivity index (χ0n) is 68.3. The zero-order chi connectivity index (χ0) is 87.2. The molecule has 0 aliphatic carbocycles. The standard InChI is InChI=1S/C24H34BNO5.C19H25NO3.C14H17NO.C6H3BrN2.C6H4BrNO2.C4H5BrN2.C4H3BrN2.C4H4BrNO2S2.C3H2BrNS/c1-21(2,3)29-20(27)26-14-12-24(13-15-26)16-18(17-10-8-9-11-19(17)28-24)25-30-22(4,5)23(6,7)31-25;1-14-13-19(22-16-8-6-5-7-15(14)16)9-11-20(12-10-19)17(21)23-18(2,3)4;1-11-10-14(6-8-15-9-7-14)16-13-5-3-2-4-12(11)13;1-8-6-3-2-5(7)4-9-6;7-5-1-4(6(9)10)2-8-3-5;1-7-2-4(5)6-3-7;5-4-1-6-3-7-2-4;5-3-1-2-4(9-3)10(6,7)8;4-3-5-1-2-6-3/h8-11,16H,12-15H2,1-7H3;5-8,13H,9-12H2,1-4H3;2-5,10,15H,6-9H2,1H3;2-4H;1-3H,(H,9,10);2-3H,1H3;1-3H;1-2H,(H2,6,7,8);1-2H.